The average Bonchev–Trinajstić information content (AvgIpc) is 3.46. The van der Waals surface area contributed by atoms with Crippen molar-refractivity contribution >= 4 is 11.6 Å². The summed E-state index contributed by atoms with van der Waals surface area (Å²) in [6, 6.07) is 10.9. The van der Waals surface area contributed by atoms with Gasteiger partial charge in [-0.25, -0.2) is 4.39 Å². The van der Waals surface area contributed by atoms with E-state index >= 15 is 0 Å². The van der Waals surface area contributed by atoms with Gasteiger partial charge in [0.1, 0.15) is 29.3 Å². The van der Waals surface area contributed by atoms with E-state index in [4.69, 9.17) is 16.3 Å². The molecule has 3 atom stereocenters. The molecule has 1 fully saturated rings. The first-order chi connectivity index (χ1) is 15.8. The largest absolute Gasteiger partial charge is 0.484 e. The van der Waals surface area contributed by atoms with Crippen molar-refractivity contribution < 1.29 is 14.2 Å². The average molecular weight is 471 g/mol. The summed E-state index contributed by atoms with van der Waals surface area (Å²) in [5.74, 6) is 2.37. The molecule has 2 aliphatic rings. The Kier molecular flexibility index (Phi) is 5.89. The van der Waals surface area contributed by atoms with Crippen LogP contribution in [0.15, 0.2) is 36.4 Å². The number of halogens is 2. The minimum Gasteiger partial charge on any atom is -0.484 e. The van der Waals surface area contributed by atoms with Crippen molar-refractivity contribution in [1.29, 1.82) is 0 Å². The Morgan fingerprint density at radius 2 is 1.94 bits per heavy atom. The summed E-state index contributed by atoms with van der Waals surface area (Å²) in [6.45, 7) is 7.45. The van der Waals surface area contributed by atoms with Gasteiger partial charge in [-0.05, 0) is 61.7 Å². The summed E-state index contributed by atoms with van der Waals surface area (Å²) < 4.78 is 23.2. The first-order valence-corrected chi connectivity index (χ1v) is 11.8. The SMILES string of the molecule is Cc1nnc(C(C)C)n1-c1ccc(O[C@@H]2c3cc(Cl)cc(F)c3C[C@@H]2N2CC[C@@H](O)C2)cc1. The van der Waals surface area contributed by atoms with Gasteiger partial charge >= 0.3 is 0 Å². The van der Waals surface area contributed by atoms with Gasteiger partial charge in [-0.15, -0.1) is 10.2 Å². The van der Waals surface area contributed by atoms with Gasteiger partial charge in [0.15, 0.2) is 0 Å². The zero-order valence-electron chi connectivity index (χ0n) is 19.0. The van der Waals surface area contributed by atoms with Gasteiger partial charge < -0.3 is 9.84 Å². The fourth-order valence-corrected chi connectivity index (χ4v) is 5.25. The number of aryl methyl sites for hydroxylation is 1. The fraction of sp³-hybridized carbons (Fsp3) is 0.440. The molecule has 0 unspecified atom stereocenters. The Bertz CT molecular complexity index is 1160. The third kappa shape index (κ3) is 4.14. The van der Waals surface area contributed by atoms with Crippen molar-refractivity contribution in [1.82, 2.24) is 19.7 Å². The number of aliphatic hydroxyl groups is 1. The molecule has 1 saturated heterocycles. The predicted molar refractivity (Wildman–Crippen MR) is 125 cm³/mol. The molecule has 1 N–H and O–H groups in total. The van der Waals surface area contributed by atoms with Crippen molar-refractivity contribution in [3.8, 4) is 11.4 Å². The summed E-state index contributed by atoms with van der Waals surface area (Å²) in [4.78, 5) is 2.20. The monoisotopic (exact) mass is 470 g/mol. The van der Waals surface area contributed by atoms with Crippen LogP contribution >= 0.6 is 11.6 Å². The number of nitrogens with zero attached hydrogens (tertiary/aromatic N) is 4. The minimum absolute atomic E-state index is 0.0579. The number of ether oxygens (including phenoxy) is 1. The molecule has 0 bridgehead atoms. The maximum atomic E-state index is 14.7. The van der Waals surface area contributed by atoms with Crippen LogP contribution in [0, 0.1) is 12.7 Å². The molecule has 0 amide bonds. The third-order valence-corrected chi connectivity index (χ3v) is 6.87. The maximum Gasteiger partial charge on any atom is 0.140 e. The van der Waals surface area contributed by atoms with Crippen LogP contribution in [0.25, 0.3) is 5.69 Å². The molecule has 0 spiro atoms. The Balaban J connectivity index is 1.45. The molecule has 8 heteroatoms. The topological polar surface area (TPSA) is 63.4 Å². The van der Waals surface area contributed by atoms with E-state index < -0.39 is 0 Å². The Morgan fingerprint density at radius 1 is 1.18 bits per heavy atom. The Hall–Kier alpha value is -2.48. The van der Waals surface area contributed by atoms with Gasteiger partial charge in [0.25, 0.3) is 0 Å². The van der Waals surface area contributed by atoms with E-state index in [-0.39, 0.29) is 30.0 Å². The second-order valence-corrected chi connectivity index (χ2v) is 9.73. The number of likely N-dealkylation sites (tertiary alicyclic amines) is 1. The molecule has 0 saturated carbocycles. The molecule has 6 nitrogen and oxygen atoms in total. The number of hydrogen-bond acceptors (Lipinski definition) is 5. The van der Waals surface area contributed by atoms with E-state index in [2.05, 4.69) is 28.9 Å². The molecular formula is C25H28ClFN4O2. The van der Waals surface area contributed by atoms with Crippen LogP contribution in [0.2, 0.25) is 5.02 Å². The van der Waals surface area contributed by atoms with Crippen molar-refractivity contribution in [3.05, 3.63) is 70.0 Å². The highest BCUT2D eigenvalue weighted by Crippen LogP contribution is 2.41. The van der Waals surface area contributed by atoms with E-state index in [1.807, 2.05) is 35.8 Å². The van der Waals surface area contributed by atoms with Gasteiger partial charge in [-0.1, -0.05) is 25.4 Å². The standard InChI is InChI=1S/C25H28ClFN4O2/c1-14(2)25-29-28-15(3)31(25)17-4-6-19(7-5-17)33-24-21-10-16(26)11-22(27)20(21)12-23(24)30-9-8-18(32)13-30/h4-7,10-11,14,18,23-24,32H,8-9,12-13H2,1-3H3/t18-,23+,24-/m1/s1. The van der Waals surface area contributed by atoms with Crippen LogP contribution in [0.4, 0.5) is 4.39 Å². The predicted octanol–water partition coefficient (Wildman–Crippen LogP) is 4.60. The second kappa shape index (κ2) is 8.70. The zero-order chi connectivity index (χ0) is 23.3. The minimum atomic E-state index is -0.368. The lowest BCUT2D eigenvalue weighted by atomic mass is 10.1. The first-order valence-electron chi connectivity index (χ1n) is 11.4. The molecule has 3 aromatic rings. The Morgan fingerprint density at radius 3 is 2.61 bits per heavy atom. The molecule has 2 aromatic carbocycles. The van der Waals surface area contributed by atoms with Crippen LogP contribution in [0.1, 0.15) is 55.1 Å². The van der Waals surface area contributed by atoms with Gasteiger partial charge in [0.05, 0.1) is 12.1 Å². The van der Waals surface area contributed by atoms with Gasteiger partial charge in [-0.2, -0.15) is 0 Å². The number of aromatic nitrogens is 3. The van der Waals surface area contributed by atoms with E-state index in [0.717, 1.165) is 29.4 Å². The summed E-state index contributed by atoms with van der Waals surface area (Å²) >= 11 is 6.20. The Labute approximate surface area is 198 Å². The highest BCUT2D eigenvalue weighted by Gasteiger charge is 2.42. The quantitative estimate of drug-likeness (QED) is 0.590. The van der Waals surface area contributed by atoms with Crippen molar-refractivity contribution in [2.75, 3.05) is 13.1 Å². The molecule has 1 aliphatic carbocycles. The maximum absolute atomic E-state index is 14.7. The van der Waals surface area contributed by atoms with Crippen LogP contribution in [0.3, 0.4) is 0 Å². The van der Waals surface area contributed by atoms with Crippen molar-refractivity contribution in [2.24, 2.45) is 0 Å². The summed E-state index contributed by atoms with van der Waals surface area (Å²) in [5.41, 5.74) is 2.40. The van der Waals surface area contributed by atoms with E-state index in [1.165, 1.54) is 6.07 Å². The lowest BCUT2D eigenvalue weighted by molar-refractivity contribution is 0.0818. The zero-order valence-corrected chi connectivity index (χ0v) is 19.8. The van der Waals surface area contributed by atoms with Gasteiger partial charge in [-0.3, -0.25) is 9.47 Å². The lowest BCUT2D eigenvalue weighted by Crippen LogP contribution is -2.39. The molecule has 5 rings (SSSR count). The van der Waals surface area contributed by atoms with Gasteiger partial charge in [0, 0.05) is 35.3 Å². The number of benzene rings is 2. The first kappa shape index (κ1) is 22.3. The molecular weight excluding hydrogens is 443 g/mol. The van der Waals surface area contributed by atoms with E-state index in [1.54, 1.807) is 6.07 Å². The number of β-amino-alcohol motifs (C(OH)–C–C–N with tert-alkyl or cyclic N) is 1. The molecule has 33 heavy (non-hydrogen) atoms. The second-order valence-electron chi connectivity index (χ2n) is 9.29. The van der Waals surface area contributed by atoms with Crippen LogP contribution in [-0.2, 0) is 6.42 Å². The highest BCUT2D eigenvalue weighted by molar-refractivity contribution is 6.30. The number of fused-ring (bicyclic) bond motifs is 1. The number of aliphatic hydroxyl groups excluding tert-OH is 1. The molecule has 0 radical (unpaired) electrons. The summed E-state index contributed by atoms with van der Waals surface area (Å²) in [6.07, 6.45) is 0.524. The van der Waals surface area contributed by atoms with Crippen molar-refractivity contribution in [3.63, 3.8) is 0 Å². The van der Waals surface area contributed by atoms with E-state index in [0.29, 0.717) is 35.7 Å². The van der Waals surface area contributed by atoms with Crippen LogP contribution in [0.5, 0.6) is 5.75 Å². The molecule has 1 aromatic heterocycles. The molecule has 1 aliphatic heterocycles. The normalized spacial score (nSPS) is 22.8. The fourth-order valence-electron chi connectivity index (χ4n) is 5.04. The highest BCUT2D eigenvalue weighted by atomic mass is 35.5. The van der Waals surface area contributed by atoms with Crippen molar-refractivity contribution in [2.45, 2.75) is 57.8 Å². The third-order valence-electron chi connectivity index (χ3n) is 6.65. The smallest absolute Gasteiger partial charge is 0.140 e. The van der Waals surface area contributed by atoms with E-state index in [9.17, 15) is 9.50 Å². The lowest BCUT2D eigenvalue weighted by Gasteiger charge is -2.30. The number of rotatable bonds is 5. The molecule has 2 heterocycles. The summed E-state index contributed by atoms with van der Waals surface area (Å²) in [5, 5.41) is 19.0. The summed E-state index contributed by atoms with van der Waals surface area (Å²) in [7, 11) is 0. The number of hydrogen-bond donors (Lipinski definition) is 1. The van der Waals surface area contributed by atoms with Crippen LogP contribution < -0.4 is 4.74 Å². The van der Waals surface area contributed by atoms with Gasteiger partial charge in [0.2, 0.25) is 0 Å². The molecule has 174 valence electrons. The van der Waals surface area contributed by atoms with Crippen LogP contribution in [-0.4, -0.2) is 50.0 Å².